The quantitative estimate of drug-likeness (QED) is 0.893. The van der Waals surface area contributed by atoms with Gasteiger partial charge in [-0.3, -0.25) is 0 Å². The molecule has 0 aliphatic carbocycles. The molecule has 2 rings (SSSR count). The van der Waals surface area contributed by atoms with Crippen molar-refractivity contribution in [3.63, 3.8) is 0 Å². The van der Waals surface area contributed by atoms with E-state index < -0.39 is 27.4 Å². The molecule has 0 amide bonds. The zero-order chi connectivity index (χ0) is 15.6. The van der Waals surface area contributed by atoms with Gasteiger partial charge in [0.1, 0.15) is 5.82 Å². The predicted molar refractivity (Wildman–Crippen MR) is 78.4 cm³/mol. The average molecular weight is 373 g/mol. The van der Waals surface area contributed by atoms with Crippen LogP contribution in [0.25, 0.3) is 0 Å². The first-order chi connectivity index (χ1) is 9.79. The Kier molecular flexibility index (Phi) is 4.43. The third-order valence-electron chi connectivity index (χ3n) is 2.76. The van der Waals surface area contributed by atoms with Gasteiger partial charge in [-0.25, -0.2) is 17.6 Å². The van der Waals surface area contributed by atoms with E-state index >= 15 is 0 Å². The van der Waals surface area contributed by atoms with Crippen molar-refractivity contribution in [2.24, 2.45) is 0 Å². The zero-order valence-corrected chi connectivity index (χ0v) is 13.0. The van der Waals surface area contributed by atoms with Crippen molar-refractivity contribution in [2.45, 2.75) is 10.6 Å². The van der Waals surface area contributed by atoms with E-state index in [1.54, 1.807) is 0 Å². The van der Waals surface area contributed by atoms with Crippen LogP contribution in [0.4, 0.5) is 4.39 Å². The van der Waals surface area contributed by atoms with Crippen molar-refractivity contribution in [2.75, 3.05) is 0 Å². The number of hydrogen-bond acceptors (Lipinski definition) is 3. The van der Waals surface area contributed by atoms with E-state index in [1.165, 1.54) is 30.3 Å². The SMILES string of the molecule is O=C(O)c1ccc(Br)c(S(=O)(=O)Cc2cccc(F)c2)c1. The number of halogens is 2. The van der Waals surface area contributed by atoms with Crippen LogP contribution in [0.2, 0.25) is 0 Å². The number of carbonyl (C=O) groups is 1. The van der Waals surface area contributed by atoms with Crippen LogP contribution < -0.4 is 0 Å². The van der Waals surface area contributed by atoms with Gasteiger partial charge < -0.3 is 5.11 Å². The van der Waals surface area contributed by atoms with Crippen LogP contribution in [0, 0.1) is 5.82 Å². The van der Waals surface area contributed by atoms with Gasteiger partial charge in [-0.05, 0) is 51.8 Å². The third-order valence-corrected chi connectivity index (χ3v) is 5.43. The Morgan fingerprint density at radius 3 is 2.52 bits per heavy atom. The second-order valence-electron chi connectivity index (χ2n) is 4.34. The molecular formula is C14H10BrFO4S. The van der Waals surface area contributed by atoms with E-state index in [1.807, 2.05) is 0 Å². The van der Waals surface area contributed by atoms with Gasteiger partial charge in [0, 0.05) is 4.47 Å². The number of benzene rings is 2. The van der Waals surface area contributed by atoms with Gasteiger partial charge in [-0.1, -0.05) is 12.1 Å². The highest BCUT2D eigenvalue weighted by Gasteiger charge is 2.20. The Morgan fingerprint density at radius 1 is 1.19 bits per heavy atom. The summed E-state index contributed by atoms with van der Waals surface area (Å²) >= 11 is 3.10. The predicted octanol–water partition coefficient (Wildman–Crippen LogP) is 3.26. The van der Waals surface area contributed by atoms with Gasteiger partial charge >= 0.3 is 5.97 Å². The topological polar surface area (TPSA) is 71.4 Å². The van der Waals surface area contributed by atoms with E-state index in [0.717, 1.165) is 12.1 Å². The molecule has 0 spiro atoms. The highest BCUT2D eigenvalue weighted by atomic mass is 79.9. The molecule has 21 heavy (non-hydrogen) atoms. The molecule has 4 nitrogen and oxygen atoms in total. The van der Waals surface area contributed by atoms with Crippen LogP contribution in [0.15, 0.2) is 51.8 Å². The summed E-state index contributed by atoms with van der Waals surface area (Å²) in [4.78, 5) is 10.8. The van der Waals surface area contributed by atoms with Crippen LogP contribution >= 0.6 is 15.9 Å². The summed E-state index contributed by atoms with van der Waals surface area (Å²) in [6.45, 7) is 0. The number of rotatable bonds is 4. The van der Waals surface area contributed by atoms with Crippen LogP contribution in [0.5, 0.6) is 0 Å². The second kappa shape index (κ2) is 5.95. The number of carboxylic acids is 1. The van der Waals surface area contributed by atoms with Gasteiger partial charge in [0.05, 0.1) is 16.2 Å². The number of carboxylic acid groups (broad SMARTS) is 1. The molecule has 7 heteroatoms. The molecule has 0 heterocycles. The standard InChI is InChI=1S/C14H10BrFO4S/c15-12-5-4-10(14(17)18)7-13(12)21(19,20)8-9-2-1-3-11(16)6-9/h1-7H,8H2,(H,17,18). The molecule has 0 radical (unpaired) electrons. The molecule has 110 valence electrons. The molecule has 0 saturated carbocycles. The number of sulfone groups is 1. The Balaban J connectivity index is 2.44. The number of aromatic carboxylic acids is 1. The summed E-state index contributed by atoms with van der Waals surface area (Å²) in [5.41, 5.74) is 0.165. The summed E-state index contributed by atoms with van der Waals surface area (Å²) in [5, 5.41) is 8.93. The highest BCUT2D eigenvalue weighted by molar-refractivity contribution is 9.10. The van der Waals surface area contributed by atoms with Crippen molar-refractivity contribution in [1.29, 1.82) is 0 Å². The minimum atomic E-state index is -3.79. The van der Waals surface area contributed by atoms with Crippen molar-refractivity contribution in [1.82, 2.24) is 0 Å². The molecule has 0 atom stereocenters. The monoisotopic (exact) mass is 372 g/mol. The molecule has 1 N–H and O–H groups in total. The maximum atomic E-state index is 13.1. The Bertz CT molecular complexity index is 802. The van der Waals surface area contributed by atoms with Gasteiger partial charge in [0.2, 0.25) is 0 Å². The summed E-state index contributed by atoms with van der Waals surface area (Å²) in [6, 6.07) is 9.01. The lowest BCUT2D eigenvalue weighted by molar-refractivity contribution is 0.0696. The molecule has 2 aromatic carbocycles. The fourth-order valence-electron chi connectivity index (χ4n) is 1.80. The molecule has 0 aliphatic rings. The van der Waals surface area contributed by atoms with E-state index in [9.17, 15) is 17.6 Å². The van der Waals surface area contributed by atoms with Crippen LogP contribution in [-0.4, -0.2) is 19.5 Å². The lowest BCUT2D eigenvalue weighted by Crippen LogP contribution is -2.08. The van der Waals surface area contributed by atoms with Crippen molar-refractivity contribution in [3.05, 3.63) is 63.9 Å². The van der Waals surface area contributed by atoms with Crippen molar-refractivity contribution in [3.8, 4) is 0 Å². The largest absolute Gasteiger partial charge is 0.478 e. The molecule has 0 unspecified atom stereocenters. The maximum absolute atomic E-state index is 13.1. The molecule has 2 aromatic rings. The van der Waals surface area contributed by atoms with E-state index in [4.69, 9.17) is 5.11 Å². The summed E-state index contributed by atoms with van der Waals surface area (Å²) in [7, 11) is -3.79. The smallest absolute Gasteiger partial charge is 0.335 e. The molecule has 0 saturated heterocycles. The van der Waals surface area contributed by atoms with Gasteiger partial charge in [0.25, 0.3) is 0 Å². The maximum Gasteiger partial charge on any atom is 0.335 e. The third kappa shape index (κ3) is 3.68. The van der Waals surface area contributed by atoms with Gasteiger partial charge in [0.15, 0.2) is 9.84 Å². The van der Waals surface area contributed by atoms with Crippen LogP contribution in [-0.2, 0) is 15.6 Å². The Hall–Kier alpha value is -1.73. The van der Waals surface area contributed by atoms with Crippen LogP contribution in [0.1, 0.15) is 15.9 Å². The lowest BCUT2D eigenvalue weighted by Gasteiger charge is -2.08. The van der Waals surface area contributed by atoms with E-state index in [-0.39, 0.29) is 14.9 Å². The molecule has 0 fully saturated rings. The first-order valence-electron chi connectivity index (χ1n) is 5.79. The Morgan fingerprint density at radius 2 is 1.90 bits per heavy atom. The normalized spacial score (nSPS) is 11.3. The molecule has 0 bridgehead atoms. The van der Waals surface area contributed by atoms with Gasteiger partial charge in [-0.2, -0.15) is 0 Å². The van der Waals surface area contributed by atoms with Crippen LogP contribution in [0.3, 0.4) is 0 Å². The molecule has 0 aromatic heterocycles. The number of hydrogen-bond donors (Lipinski definition) is 1. The first-order valence-corrected chi connectivity index (χ1v) is 8.24. The summed E-state index contributed by atoms with van der Waals surface area (Å²) < 4.78 is 38.1. The minimum absolute atomic E-state index is 0.129. The molecule has 0 aliphatic heterocycles. The van der Waals surface area contributed by atoms with E-state index in [0.29, 0.717) is 5.56 Å². The summed E-state index contributed by atoms with van der Waals surface area (Å²) in [5.74, 6) is -2.15. The second-order valence-corrected chi connectivity index (χ2v) is 7.15. The molecular weight excluding hydrogens is 363 g/mol. The van der Waals surface area contributed by atoms with Crippen molar-refractivity contribution < 1.29 is 22.7 Å². The fraction of sp³-hybridized carbons (Fsp3) is 0.0714. The summed E-state index contributed by atoms with van der Waals surface area (Å²) in [6.07, 6.45) is 0. The average Bonchev–Trinajstić information content (AvgIpc) is 2.38. The van der Waals surface area contributed by atoms with Crippen molar-refractivity contribution >= 4 is 31.7 Å². The minimum Gasteiger partial charge on any atom is -0.478 e. The lowest BCUT2D eigenvalue weighted by atomic mass is 10.2. The first kappa shape index (κ1) is 15.7. The van der Waals surface area contributed by atoms with Gasteiger partial charge in [-0.15, -0.1) is 0 Å². The van der Waals surface area contributed by atoms with E-state index in [2.05, 4.69) is 15.9 Å². The Labute approximate surface area is 129 Å². The zero-order valence-electron chi connectivity index (χ0n) is 10.6. The fourth-order valence-corrected chi connectivity index (χ4v) is 4.23. The highest BCUT2D eigenvalue weighted by Crippen LogP contribution is 2.26.